The van der Waals surface area contributed by atoms with Gasteiger partial charge in [0.15, 0.2) is 11.5 Å². The van der Waals surface area contributed by atoms with Crippen LogP contribution in [-0.4, -0.2) is 26.2 Å². The number of rotatable bonds is 5. The Morgan fingerprint density at radius 2 is 1.76 bits per heavy atom. The zero-order chi connectivity index (χ0) is 15.2. The topological polar surface area (TPSA) is 47.6 Å². The van der Waals surface area contributed by atoms with Crippen molar-refractivity contribution in [3.05, 3.63) is 23.3 Å². The number of hydrogen-bond donors (Lipinski definition) is 1. The fourth-order valence-electron chi connectivity index (χ4n) is 2.91. The van der Waals surface area contributed by atoms with E-state index in [1.807, 2.05) is 19.1 Å². The van der Waals surface area contributed by atoms with Crippen molar-refractivity contribution in [1.29, 1.82) is 0 Å². The van der Waals surface area contributed by atoms with Gasteiger partial charge in [-0.1, -0.05) is 19.3 Å². The van der Waals surface area contributed by atoms with E-state index in [4.69, 9.17) is 9.47 Å². The van der Waals surface area contributed by atoms with Crippen LogP contribution in [0.4, 0.5) is 0 Å². The van der Waals surface area contributed by atoms with E-state index in [1.54, 1.807) is 14.2 Å². The van der Waals surface area contributed by atoms with Crippen molar-refractivity contribution in [2.75, 3.05) is 14.2 Å². The van der Waals surface area contributed by atoms with E-state index >= 15 is 0 Å². The first-order valence-electron chi connectivity index (χ1n) is 7.65. The number of nitrogens with one attached hydrogen (secondary N) is 1. The first kappa shape index (κ1) is 15.7. The molecule has 4 nitrogen and oxygen atoms in total. The standard InChI is InChI=1S/C17H25NO3/c1-12-9-15(20-2)16(21-3)10-13(12)11-17(19)18-14-7-5-4-6-8-14/h9-10,14H,4-8,11H2,1-3H3,(H,18,19). The molecule has 4 heteroatoms. The smallest absolute Gasteiger partial charge is 0.224 e. The van der Waals surface area contributed by atoms with E-state index in [0.717, 1.165) is 24.0 Å². The number of carbonyl (C=O) groups excluding carboxylic acids is 1. The van der Waals surface area contributed by atoms with Gasteiger partial charge in [0.25, 0.3) is 0 Å². The summed E-state index contributed by atoms with van der Waals surface area (Å²) in [5.74, 6) is 1.47. The Morgan fingerprint density at radius 1 is 1.14 bits per heavy atom. The van der Waals surface area contributed by atoms with Crippen LogP contribution < -0.4 is 14.8 Å². The van der Waals surface area contributed by atoms with Crippen LogP contribution >= 0.6 is 0 Å². The maximum atomic E-state index is 12.2. The van der Waals surface area contributed by atoms with Crippen LogP contribution in [0.1, 0.15) is 43.2 Å². The monoisotopic (exact) mass is 291 g/mol. The number of amides is 1. The molecule has 0 aliphatic heterocycles. The lowest BCUT2D eigenvalue weighted by molar-refractivity contribution is -0.121. The molecule has 0 heterocycles. The lowest BCUT2D eigenvalue weighted by atomic mass is 9.95. The van der Waals surface area contributed by atoms with Gasteiger partial charge >= 0.3 is 0 Å². The Morgan fingerprint density at radius 3 is 2.38 bits per heavy atom. The quantitative estimate of drug-likeness (QED) is 0.907. The normalized spacial score (nSPS) is 15.6. The first-order chi connectivity index (χ1) is 10.1. The van der Waals surface area contributed by atoms with Gasteiger partial charge in [-0.25, -0.2) is 0 Å². The van der Waals surface area contributed by atoms with Crippen molar-refractivity contribution in [2.24, 2.45) is 0 Å². The van der Waals surface area contributed by atoms with E-state index in [2.05, 4.69) is 5.32 Å². The maximum absolute atomic E-state index is 12.2. The summed E-state index contributed by atoms with van der Waals surface area (Å²) in [5.41, 5.74) is 2.03. The predicted octanol–water partition coefficient (Wildman–Crippen LogP) is 3.00. The average Bonchev–Trinajstić information content (AvgIpc) is 2.49. The molecule has 116 valence electrons. The molecule has 1 fully saturated rings. The zero-order valence-corrected chi connectivity index (χ0v) is 13.2. The molecule has 0 aromatic heterocycles. The van der Waals surface area contributed by atoms with Crippen molar-refractivity contribution in [3.8, 4) is 11.5 Å². The Labute approximate surface area is 126 Å². The molecule has 1 saturated carbocycles. The van der Waals surface area contributed by atoms with Crippen molar-refractivity contribution >= 4 is 5.91 Å². The molecule has 0 bridgehead atoms. The van der Waals surface area contributed by atoms with Gasteiger partial charge in [0, 0.05) is 6.04 Å². The molecular formula is C17H25NO3. The van der Waals surface area contributed by atoms with Gasteiger partial charge in [0.2, 0.25) is 5.91 Å². The second-order valence-corrected chi connectivity index (χ2v) is 5.71. The van der Waals surface area contributed by atoms with Crippen molar-refractivity contribution in [1.82, 2.24) is 5.32 Å². The predicted molar refractivity (Wildman–Crippen MR) is 83.0 cm³/mol. The second kappa shape index (κ2) is 7.34. The highest BCUT2D eigenvalue weighted by molar-refractivity contribution is 5.79. The number of ether oxygens (including phenoxy) is 2. The van der Waals surface area contributed by atoms with Gasteiger partial charge in [-0.05, 0) is 43.0 Å². The van der Waals surface area contributed by atoms with Gasteiger partial charge < -0.3 is 14.8 Å². The second-order valence-electron chi connectivity index (χ2n) is 5.71. The summed E-state index contributed by atoms with van der Waals surface area (Å²) in [4.78, 5) is 12.2. The summed E-state index contributed by atoms with van der Waals surface area (Å²) in [5, 5.41) is 3.15. The minimum atomic E-state index is 0.0946. The summed E-state index contributed by atoms with van der Waals surface area (Å²) in [6.07, 6.45) is 6.35. The Balaban J connectivity index is 2.02. The molecule has 0 spiro atoms. The van der Waals surface area contributed by atoms with E-state index in [1.165, 1.54) is 19.3 Å². The Hall–Kier alpha value is -1.71. The van der Waals surface area contributed by atoms with Crippen molar-refractivity contribution in [3.63, 3.8) is 0 Å². The highest BCUT2D eigenvalue weighted by atomic mass is 16.5. The van der Waals surface area contributed by atoms with Gasteiger partial charge in [0.05, 0.1) is 20.6 Å². The third-order valence-electron chi connectivity index (χ3n) is 4.16. The molecule has 1 N–H and O–H groups in total. The van der Waals surface area contributed by atoms with Crippen LogP contribution in [-0.2, 0) is 11.2 Å². The third kappa shape index (κ3) is 4.13. The summed E-state index contributed by atoms with van der Waals surface area (Å²) in [6, 6.07) is 4.17. The first-order valence-corrected chi connectivity index (χ1v) is 7.65. The molecule has 1 aliphatic carbocycles. The minimum Gasteiger partial charge on any atom is -0.493 e. The largest absolute Gasteiger partial charge is 0.493 e. The molecule has 0 atom stereocenters. The van der Waals surface area contributed by atoms with Crippen LogP contribution in [0.2, 0.25) is 0 Å². The lowest BCUT2D eigenvalue weighted by Gasteiger charge is -2.23. The SMILES string of the molecule is COc1cc(C)c(CC(=O)NC2CCCCC2)cc1OC. The molecule has 1 aliphatic rings. The van der Waals surface area contributed by atoms with E-state index in [-0.39, 0.29) is 5.91 Å². The zero-order valence-electron chi connectivity index (χ0n) is 13.2. The number of carbonyl (C=O) groups is 1. The molecular weight excluding hydrogens is 266 g/mol. The number of hydrogen-bond acceptors (Lipinski definition) is 3. The molecule has 0 saturated heterocycles. The van der Waals surface area contributed by atoms with Crippen LogP contribution in [0.5, 0.6) is 11.5 Å². The Bertz CT molecular complexity index is 493. The van der Waals surface area contributed by atoms with Crippen LogP contribution in [0.15, 0.2) is 12.1 Å². The van der Waals surface area contributed by atoms with Gasteiger partial charge in [-0.15, -0.1) is 0 Å². The highest BCUT2D eigenvalue weighted by Gasteiger charge is 2.17. The van der Waals surface area contributed by atoms with E-state index < -0.39 is 0 Å². The molecule has 0 unspecified atom stereocenters. The molecule has 21 heavy (non-hydrogen) atoms. The molecule has 1 amide bonds. The number of benzene rings is 1. The molecule has 0 radical (unpaired) electrons. The molecule has 2 rings (SSSR count). The fourth-order valence-corrected chi connectivity index (χ4v) is 2.91. The van der Waals surface area contributed by atoms with Gasteiger partial charge in [-0.2, -0.15) is 0 Å². The van der Waals surface area contributed by atoms with Crippen LogP contribution in [0, 0.1) is 6.92 Å². The van der Waals surface area contributed by atoms with E-state index in [0.29, 0.717) is 24.0 Å². The third-order valence-corrected chi connectivity index (χ3v) is 4.16. The van der Waals surface area contributed by atoms with Gasteiger partial charge in [-0.3, -0.25) is 4.79 Å². The maximum Gasteiger partial charge on any atom is 0.224 e. The average molecular weight is 291 g/mol. The highest BCUT2D eigenvalue weighted by Crippen LogP contribution is 2.30. The Kier molecular flexibility index (Phi) is 5.48. The summed E-state index contributed by atoms with van der Waals surface area (Å²) >= 11 is 0. The van der Waals surface area contributed by atoms with E-state index in [9.17, 15) is 4.79 Å². The van der Waals surface area contributed by atoms with Crippen LogP contribution in [0.25, 0.3) is 0 Å². The summed E-state index contributed by atoms with van der Waals surface area (Å²) in [7, 11) is 3.23. The number of methoxy groups -OCH3 is 2. The minimum absolute atomic E-state index is 0.0946. The van der Waals surface area contributed by atoms with Crippen molar-refractivity contribution in [2.45, 2.75) is 51.5 Å². The summed E-state index contributed by atoms with van der Waals surface area (Å²) < 4.78 is 10.6. The van der Waals surface area contributed by atoms with Gasteiger partial charge in [0.1, 0.15) is 0 Å². The number of aryl methyl sites for hydroxylation is 1. The molecule has 1 aromatic rings. The summed E-state index contributed by atoms with van der Waals surface area (Å²) in [6.45, 7) is 1.99. The molecule has 1 aromatic carbocycles. The van der Waals surface area contributed by atoms with Crippen LogP contribution in [0.3, 0.4) is 0 Å². The fraction of sp³-hybridized carbons (Fsp3) is 0.588. The lowest BCUT2D eigenvalue weighted by Crippen LogP contribution is -2.37. The van der Waals surface area contributed by atoms with Crippen molar-refractivity contribution < 1.29 is 14.3 Å².